The van der Waals surface area contributed by atoms with Gasteiger partial charge in [0, 0.05) is 38.0 Å². The number of anilines is 2. The van der Waals surface area contributed by atoms with Gasteiger partial charge in [-0.05, 0) is 36.8 Å². The van der Waals surface area contributed by atoms with Crippen molar-refractivity contribution in [1.29, 1.82) is 0 Å². The Balaban J connectivity index is 1.46. The van der Waals surface area contributed by atoms with Crippen LogP contribution in [-0.2, 0) is 4.74 Å². The molecule has 1 saturated carbocycles. The first-order chi connectivity index (χ1) is 11.3. The summed E-state index contributed by atoms with van der Waals surface area (Å²) in [6, 6.07) is 6.31. The smallest absolute Gasteiger partial charge is 0.185 e. The summed E-state index contributed by atoms with van der Waals surface area (Å²) in [4.78, 5) is 11.3. The molecule has 2 aromatic rings. The molecule has 6 heteroatoms. The van der Waals surface area contributed by atoms with Gasteiger partial charge in [-0.25, -0.2) is 9.97 Å². The van der Waals surface area contributed by atoms with Crippen molar-refractivity contribution in [2.45, 2.75) is 25.0 Å². The summed E-state index contributed by atoms with van der Waals surface area (Å²) < 4.78 is 5.79. The minimum absolute atomic E-state index is 0.245. The normalized spacial score (nSPS) is 30.2. The number of ether oxygens (including phenoxy) is 1. The molecule has 1 N–H and O–H groups in total. The van der Waals surface area contributed by atoms with Crippen LogP contribution in [0.5, 0.6) is 0 Å². The number of nitrogens with one attached hydrogen (secondary N) is 1. The number of nitrogens with zero attached hydrogens (tertiary/aromatic N) is 3. The Morgan fingerprint density at radius 3 is 2.74 bits per heavy atom. The minimum Gasteiger partial charge on any atom is -0.379 e. The summed E-state index contributed by atoms with van der Waals surface area (Å²) in [5.74, 6) is 2.34. The number of aromatic nitrogens is 2. The Morgan fingerprint density at radius 1 is 1.17 bits per heavy atom. The van der Waals surface area contributed by atoms with Gasteiger partial charge in [-0.1, -0.05) is 6.07 Å². The van der Waals surface area contributed by atoms with Crippen molar-refractivity contribution < 1.29 is 4.74 Å². The first-order valence-corrected chi connectivity index (χ1v) is 9.06. The predicted molar refractivity (Wildman–Crippen MR) is 93.0 cm³/mol. The SMILES string of the molecule is CO[C@@H]1C[C@H]2CN(c3nccs3)C[C@H]2C[C@H]1Nc1ccccn1. The number of rotatable bonds is 4. The molecule has 0 amide bonds. The molecule has 0 unspecified atom stereocenters. The Hall–Kier alpha value is -1.66. The molecule has 2 aromatic heterocycles. The summed E-state index contributed by atoms with van der Waals surface area (Å²) in [5.41, 5.74) is 0. The van der Waals surface area contributed by atoms with Gasteiger partial charge in [0.05, 0.1) is 12.1 Å². The van der Waals surface area contributed by atoms with E-state index in [0.29, 0.717) is 17.9 Å². The lowest BCUT2D eigenvalue weighted by Gasteiger charge is -2.37. The van der Waals surface area contributed by atoms with Crippen LogP contribution < -0.4 is 10.2 Å². The van der Waals surface area contributed by atoms with E-state index >= 15 is 0 Å². The Bertz CT molecular complexity index is 621. The van der Waals surface area contributed by atoms with Crippen molar-refractivity contribution in [2.24, 2.45) is 11.8 Å². The number of hydrogen-bond acceptors (Lipinski definition) is 6. The summed E-state index contributed by atoms with van der Waals surface area (Å²) in [6.45, 7) is 2.21. The Morgan fingerprint density at radius 2 is 2.04 bits per heavy atom. The van der Waals surface area contributed by atoms with Gasteiger partial charge in [0.1, 0.15) is 5.82 Å². The van der Waals surface area contributed by atoms with E-state index in [2.05, 4.69) is 25.6 Å². The number of thiazole rings is 1. The first kappa shape index (κ1) is 14.9. The zero-order valence-corrected chi connectivity index (χ0v) is 14.1. The maximum atomic E-state index is 5.79. The highest BCUT2D eigenvalue weighted by Gasteiger charge is 2.43. The van der Waals surface area contributed by atoms with Crippen LogP contribution in [0.3, 0.4) is 0 Å². The van der Waals surface area contributed by atoms with Gasteiger partial charge in [-0.15, -0.1) is 11.3 Å². The number of pyridine rings is 1. The van der Waals surface area contributed by atoms with Crippen LogP contribution >= 0.6 is 11.3 Å². The molecule has 5 nitrogen and oxygen atoms in total. The standard InChI is InChI=1S/C17H22N4OS/c1-22-15-9-13-11-21(17-19-6-7-23-17)10-12(13)8-14(15)20-16-4-2-3-5-18-16/h2-7,12-15H,8-11H2,1H3,(H,18,20)/t12-,13+,14-,15-/m1/s1. The van der Waals surface area contributed by atoms with Crippen molar-refractivity contribution in [1.82, 2.24) is 9.97 Å². The highest BCUT2D eigenvalue weighted by Crippen LogP contribution is 2.40. The number of hydrogen-bond donors (Lipinski definition) is 1. The van der Waals surface area contributed by atoms with Crippen LogP contribution in [0.1, 0.15) is 12.8 Å². The zero-order valence-electron chi connectivity index (χ0n) is 13.3. The molecule has 2 aliphatic rings. The van der Waals surface area contributed by atoms with E-state index in [1.54, 1.807) is 11.3 Å². The van der Waals surface area contributed by atoms with E-state index in [-0.39, 0.29) is 6.10 Å². The molecule has 1 saturated heterocycles. The van der Waals surface area contributed by atoms with Gasteiger partial charge in [0.2, 0.25) is 0 Å². The Kier molecular flexibility index (Phi) is 4.18. The van der Waals surface area contributed by atoms with Crippen molar-refractivity contribution >= 4 is 22.3 Å². The summed E-state index contributed by atoms with van der Waals surface area (Å²) in [7, 11) is 1.83. The highest BCUT2D eigenvalue weighted by atomic mass is 32.1. The fourth-order valence-corrected chi connectivity index (χ4v) is 4.66. The molecule has 0 radical (unpaired) electrons. The van der Waals surface area contributed by atoms with E-state index in [4.69, 9.17) is 4.74 Å². The molecule has 0 aromatic carbocycles. The molecular weight excluding hydrogens is 308 g/mol. The summed E-state index contributed by atoms with van der Waals surface area (Å²) in [6.07, 6.45) is 6.20. The average Bonchev–Trinajstić information content (AvgIpc) is 3.24. The van der Waals surface area contributed by atoms with Crippen molar-refractivity contribution in [3.8, 4) is 0 Å². The van der Waals surface area contributed by atoms with Crippen LogP contribution in [0.15, 0.2) is 36.0 Å². The molecule has 1 aliphatic carbocycles. The predicted octanol–water partition coefficient (Wildman–Crippen LogP) is 2.88. The van der Waals surface area contributed by atoms with Crippen LogP contribution in [0.4, 0.5) is 10.9 Å². The molecule has 0 spiro atoms. The van der Waals surface area contributed by atoms with E-state index in [1.165, 1.54) is 0 Å². The molecule has 1 aliphatic heterocycles. The van der Waals surface area contributed by atoms with Gasteiger partial charge in [0.15, 0.2) is 5.13 Å². The average molecular weight is 330 g/mol. The lowest BCUT2D eigenvalue weighted by Crippen LogP contribution is -2.44. The highest BCUT2D eigenvalue weighted by molar-refractivity contribution is 7.13. The molecule has 4 atom stereocenters. The quantitative estimate of drug-likeness (QED) is 0.934. The van der Waals surface area contributed by atoms with Gasteiger partial charge >= 0.3 is 0 Å². The third kappa shape index (κ3) is 3.05. The molecule has 122 valence electrons. The van der Waals surface area contributed by atoms with Gasteiger partial charge in [-0.2, -0.15) is 0 Å². The van der Waals surface area contributed by atoms with E-state index in [9.17, 15) is 0 Å². The third-order valence-corrected chi connectivity index (χ3v) is 5.94. The van der Waals surface area contributed by atoms with Crippen LogP contribution in [0.25, 0.3) is 0 Å². The second kappa shape index (κ2) is 6.45. The number of methoxy groups -OCH3 is 1. The van der Waals surface area contributed by atoms with Crippen molar-refractivity contribution in [3.05, 3.63) is 36.0 Å². The largest absolute Gasteiger partial charge is 0.379 e. The minimum atomic E-state index is 0.245. The fraction of sp³-hybridized carbons (Fsp3) is 0.529. The van der Waals surface area contributed by atoms with Crippen molar-refractivity contribution in [2.75, 3.05) is 30.4 Å². The van der Waals surface area contributed by atoms with Gasteiger partial charge < -0.3 is 15.0 Å². The van der Waals surface area contributed by atoms with E-state index in [1.807, 2.05) is 37.7 Å². The fourth-order valence-electron chi connectivity index (χ4n) is 3.99. The molecule has 0 bridgehead atoms. The maximum absolute atomic E-state index is 5.79. The second-order valence-electron chi connectivity index (χ2n) is 6.45. The van der Waals surface area contributed by atoms with Gasteiger partial charge in [0.25, 0.3) is 0 Å². The lowest BCUT2D eigenvalue weighted by atomic mass is 9.77. The van der Waals surface area contributed by atoms with E-state index < -0.39 is 0 Å². The molecule has 3 heterocycles. The zero-order chi connectivity index (χ0) is 15.6. The van der Waals surface area contributed by atoms with Crippen LogP contribution in [-0.4, -0.2) is 42.3 Å². The topological polar surface area (TPSA) is 50.3 Å². The summed E-state index contributed by atoms with van der Waals surface area (Å²) in [5, 5.41) is 6.79. The molecular formula is C17H22N4OS. The number of fused-ring (bicyclic) bond motifs is 1. The molecule has 4 rings (SSSR count). The van der Waals surface area contributed by atoms with Crippen molar-refractivity contribution in [3.63, 3.8) is 0 Å². The lowest BCUT2D eigenvalue weighted by molar-refractivity contribution is 0.0305. The van der Waals surface area contributed by atoms with E-state index in [0.717, 1.165) is 36.9 Å². The molecule has 2 fully saturated rings. The monoisotopic (exact) mass is 330 g/mol. The molecule has 23 heavy (non-hydrogen) atoms. The van der Waals surface area contributed by atoms with Gasteiger partial charge in [-0.3, -0.25) is 0 Å². The third-order valence-electron chi connectivity index (χ3n) is 5.11. The summed E-state index contributed by atoms with van der Waals surface area (Å²) >= 11 is 1.73. The maximum Gasteiger partial charge on any atom is 0.185 e. The van der Waals surface area contributed by atoms with Crippen LogP contribution in [0, 0.1) is 11.8 Å². The second-order valence-corrected chi connectivity index (χ2v) is 7.32. The first-order valence-electron chi connectivity index (χ1n) is 8.18. The van der Waals surface area contributed by atoms with Crippen LogP contribution in [0.2, 0.25) is 0 Å². The Labute approximate surface area is 140 Å².